The zero-order chi connectivity index (χ0) is 35.2. The quantitative estimate of drug-likeness (QED) is 0.134. The first-order valence-electron chi connectivity index (χ1n) is 15.1. The number of carbonyl (C=O) groups excluding carboxylic acids is 4. The Balaban J connectivity index is 1.59. The van der Waals surface area contributed by atoms with E-state index >= 15 is 0 Å². The number of hydrogen-bond donors (Lipinski definition) is 0. The van der Waals surface area contributed by atoms with Crippen molar-refractivity contribution in [1.29, 1.82) is 0 Å². The molecule has 0 unspecified atom stereocenters. The number of carbonyl (C=O) groups is 4. The van der Waals surface area contributed by atoms with Crippen molar-refractivity contribution < 1.29 is 52.3 Å². The first kappa shape index (κ1) is 36.1. The van der Waals surface area contributed by atoms with Crippen LogP contribution >= 0.6 is 0 Å². The van der Waals surface area contributed by atoms with Crippen molar-refractivity contribution in [3.8, 4) is 29.4 Å². The van der Waals surface area contributed by atoms with E-state index in [1.165, 1.54) is 6.92 Å². The SMILES string of the molecule is CC(=O)OC[C@H]1O[C@H](OCCOc2c(C#Cc3ccncc3)cccc2C#Cc2ccncc2)[C@H](OC(C)=O)[C@@H](OC(C)=O)[C@@H]1OC(C)=O. The average molecular weight is 671 g/mol. The molecule has 49 heavy (non-hydrogen) atoms. The van der Waals surface area contributed by atoms with Crippen LogP contribution in [0.2, 0.25) is 0 Å². The van der Waals surface area contributed by atoms with Crippen molar-refractivity contribution in [2.45, 2.75) is 58.4 Å². The fourth-order valence-electron chi connectivity index (χ4n) is 4.67. The molecular weight excluding hydrogens is 636 g/mol. The molecule has 4 rings (SSSR count). The first-order chi connectivity index (χ1) is 23.6. The van der Waals surface area contributed by atoms with Crippen LogP contribution in [0.25, 0.3) is 0 Å². The van der Waals surface area contributed by atoms with Gasteiger partial charge in [0.05, 0.1) is 17.7 Å². The standard InChI is InChI=1S/C36H34N2O11/c1-23(39)45-22-31-33(46-24(2)40)34(47-25(3)41)35(48-26(4)42)36(49-31)44-21-20-43-32-29(10-8-27-12-16-37-17-13-27)6-5-7-30(32)11-9-28-14-18-38-19-15-28/h5-7,12-19,31,33-36H,20-22H2,1-4H3/t31-,33-,34+,35-,36+/m1/s1. The van der Waals surface area contributed by atoms with Crippen molar-refractivity contribution in [2.75, 3.05) is 19.8 Å². The molecule has 1 saturated heterocycles. The predicted octanol–water partition coefficient (Wildman–Crippen LogP) is 2.75. The van der Waals surface area contributed by atoms with Gasteiger partial charge >= 0.3 is 23.9 Å². The lowest BCUT2D eigenvalue weighted by Gasteiger charge is -2.44. The number of hydrogen-bond acceptors (Lipinski definition) is 13. The van der Waals surface area contributed by atoms with Gasteiger partial charge in [-0.25, -0.2) is 0 Å². The molecular formula is C36H34N2O11. The van der Waals surface area contributed by atoms with Crippen LogP contribution in [0.5, 0.6) is 5.75 Å². The van der Waals surface area contributed by atoms with Crippen molar-refractivity contribution in [3.05, 3.63) is 89.5 Å². The van der Waals surface area contributed by atoms with Crippen molar-refractivity contribution >= 4 is 23.9 Å². The highest BCUT2D eigenvalue weighted by atomic mass is 16.7. The van der Waals surface area contributed by atoms with E-state index in [2.05, 4.69) is 33.6 Å². The monoisotopic (exact) mass is 670 g/mol. The minimum Gasteiger partial charge on any atom is -0.489 e. The van der Waals surface area contributed by atoms with E-state index < -0.39 is 54.6 Å². The van der Waals surface area contributed by atoms with Crippen LogP contribution in [0, 0.1) is 23.7 Å². The molecule has 1 fully saturated rings. The van der Waals surface area contributed by atoms with Crippen LogP contribution < -0.4 is 4.74 Å². The molecule has 1 aromatic carbocycles. The van der Waals surface area contributed by atoms with E-state index in [4.69, 9.17) is 33.2 Å². The topological polar surface area (TPSA) is 159 Å². The summed E-state index contributed by atoms with van der Waals surface area (Å²) >= 11 is 0. The third-order valence-electron chi connectivity index (χ3n) is 6.62. The maximum Gasteiger partial charge on any atom is 0.303 e. The second-order valence-corrected chi connectivity index (χ2v) is 10.4. The van der Waals surface area contributed by atoms with E-state index in [1.807, 2.05) is 6.07 Å². The lowest BCUT2D eigenvalue weighted by atomic mass is 9.98. The summed E-state index contributed by atoms with van der Waals surface area (Å²) in [6, 6.07) is 12.5. The molecule has 0 N–H and O–H groups in total. The zero-order valence-electron chi connectivity index (χ0n) is 27.2. The Morgan fingerprint density at radius 1 is 0.653 bits per heavy atom. The lowest BCUT2D eigenvalue weighted by Crippen LogP contribution is -2.63. The minimum atomic E-state index is -1.36. The largest absolute Gasteiger partial charge is 0.489 e. The first-order valence-corrected chi connectivity index (χ1v) is 15.1. The van der Waals surface area contributed by atoms with Crippen molar-refractivity contribution in [2.24, 2.45) is 0 Å². The third kappa shape index (κ3) is 11.2. The smallest absolute Gasteiger partial charge is 0.303 e. The fourth-order valence-corrected chi connectivity index (χ4v) is 4.67. The predicted molar refractivity (Wildman–Crippen MR) is 170 cm³/mol. The summed E-state index contributed by atoms with van der Waals surface area (Å²) in [5.41, 5.74) is 2.62. The van der Waals surface area contributed by atoms with Gasteiger partial charge in [-0.05, 0) is 36.4 Å². The Morgan fingerprint density at radius 3 is 1.67 bits per heavy atom. The molecule has 0 amide bonds. The van der Waals surface area contributed by atoms with Crippen LogP contribution in [0.15, 0.2) is 67.3 Å². The van der Waals surface area contributed by atoms with Gasteiger partial charge in [-0.15, -0.1) is 0 Å². The summed E-state index contributed by atoms with van der Waals surface area (Å²) in [7, 11) is 0. The number of aromatic nitrogens is 2. The molecule has 0 aliphatic carbocycles. The van der Waals surface area contributed by atoms with E-state index in [1.54, 1.807) is 61.2 Å². The van der Waals surface area contributed by atoms with E-state index in [9.17, 15) is 19.2 Å². The number of nitrogens with zero attached hydrogens (tertiary/aromatic N) is 2. The van der Waals surface area contributed by atoms with Gasteiger partial charge in [-0.3, -0.25) is 29.1 Å². The number of benzene rings is 1. The fraction of sp³-hybridized carbons (Fsp3) is 0.333. The number of para-hydroxylation sites is 1. The number of pyridine rings is 2. The summed E-state index contributed by atoms with van der Waals surface area (Å²) in [6.45, 7) is 4.06. The van der Waals surface area contributed by atoms with Gasteiger partial charge in [0.15, 0.2) is 30.4 Å². The van der Waals surface area contributed by atoms with E-state index in [-0.39, 0.29) is 19.8 Å². The van der Waals surface area contributed by atoms with Gasteiger partial charge in [0.2, 0.25) is 0 Å². The van der Waals surface area contributed by atoms with Gasteiger partial charge < -0.3 is 33.2 Å². The molecule has 0 spiro atoms. The Kier molecular flexibility index (Phi) is 13.2. The van der Waals surface area contributed by atoms with Crippen LogP contribution in [0.3, 0.4) is 0 Å². The molecule has 1 aliphatic rings. The highest BCUT2D eigenvalue weighted by Crippen LogP contribution is 2.30. The van der Waals surface area contributed by atoms with Crippen LogP contribution in [0.4, 0.5) is 0 Å². The van der Waals surface area contributed by atoms with Gasteiger partial charge in [-0.2, -0.15) is 0 Å². The van der Waals surface area contributed by atoms with Gasteiger partial charge in [-0.1, -0.05) is 29.7 Å². The molecule has 3 heterocycles. The summed E-state index contributed by atoms with van der Waals surface area (Å²) < 4.78 is 39.6. The van der Waals surface area contributed by atoms with Crippen molar-refractivity contribution in [3.63, 3.8) is 0 Å². The second kappa shape index (κ2) is 18.0. The van der Waals surface area contributed by atoms with E-state index in [0.717, 1.165) is 31.9 Å². The molecule has 13 heteroatoms. The second-order valence-electron chi connectivity index (χ2n) is 10.4. The molecule has 3 aromatic rings. The Bertz CT molecular complexity index is 1670. The van der Waals surface area contributed by atoms with Gasteiger partial charge in [0.1, 0.15) is 19.3 Å². The molecule has 2 aromatic heterocycles. The molecule has 5 atom stereocenters. The molecule has 13 nitrogen and oxygen atoms in total. The highest BCUT2D eigenvalue weighted by molar-refractivity contribution is 5.69. The summed E-state index contributed by atoms with van der Waals surface area (Å²) in [6.07, 6.45) is 0.0575. The molecule has 0 saturated carbocycles. The number of esters is 4. The van der Waals surface area contributed by atoms with Gasteiger partial charge in [0.25, 0.3) is 0 Å². The summed E-state index contributed by atoms with van der Waals surface area (Å²) in [4.78, 5) is 55.9. The Morgan fingerprint density at radius 2 is 1.16 bits per heavy atom. The maximum atomic E-state index is 12.1. The third-order valence-corrected chi connectivity index (χ3v) is 6.62. The Hall–Kier alpha value is -5.76. The normalized spacial score (nSPS) is 19.5. The average Bonchev–Trinajstić information content (AvgIpc) is 3.07. The minimum absolute atomic E-state index is 0.0508. The molecule has 0 bridgehead atoms. The highest BCUT2D eigenvalue weighted by Gasteiger charge is 2.52. The van der Waals surface area contributed by atoms with Crippen LogP contribution in [-0.2, 0) is 47.6 Å². The number of ether oxygens (including phenoxy) is 7. The summed E-state index contributed by atoms with van der Waals surface area (Å²) in [5, 5.41) is 0. The molecule has 254 valence electrons. The lowest BCUT2D eigenvalue weighted by molar-refractivity contribution is -0.308. The van der Waals surface area contributed by atoms with Crippen LogP contribution in [-0.4, -0.2) is 84.4 Å². The Labute approximate surface area is 283 Å². The van der Waals surface area contributed by atoms with Crippen molar-refractivity contribution in [1.82, 2.24) is 9.97 Å². The number of rotatable bonds is 10. The maximum absolute atomic E-state index is 12.1. The zero-order valence-corrected chi connectivity index (χ0v) is 27.2. The summed E-state index contributed by atoms with van der Waals surface area (Å²) in [5.74, 6) is 9.98. The van der Waals surface area contributed by atoms with Gasteiger partial charge in [0, 0.05) is 63.6 Å². The molecule has 1 aliphatic heterocycles. The van der Waals surface area contributed by atoms with Crippen LogP contribution in [0.1, 0.15) is 49.9 Å². The molecule has 0 radical (unpaired) electrons. The van der Waals surface area contributed by atoms with E-state index in [0.29, 0.717) is 16.9 Å².